The van der Waals surface area contributed by atoms with Crippen molar-refractivity contribution >= 4 is 15.4 Å². The van der Waals surface area contributed by atoms with Gasteiger partial charge >= 0.3 is 7.60 Å². The molecule has 0 bridgehead atoms. The Kier molecular flexibility index (Phi) is 6.38. The van der Waals surface area contributed by atoms with Crippen molar-refractivity contribution in [3.63, 3.8) is 0 Å². The molecule has 7 nitrogen and oxygen atoms in total. The van der Waals surface area contributed by atoms with Gasteiger partial charge in [0, 0.05) is 26.0 Å². The molecule has 7 atom stereocenters. The molecule has 0 aliphatic carbocycles. The summed E-state index contributed by atoms with van der Waals surface area (Å²) in [5.74, 6) is -4.28. The minimum atomic E-state index is -4.54. The zero-order valence-electron chi connectivity index (χ0n) is 12.2. The molecule has 1 saturated heterocycles. The van der Waals surface area contributed by atoms with Crippen LogP contribution < -0.4 is 0 Å². The fraction of sp³-hybridized carbons (Fsp3) is 1.00. The molecule has 0 saturated carbocycles. The van der Waals surface area contributed by atoms with Crippen LogP contribution in [0.15, 0.2) is 0 Å². The molecule has 1 aliphatic heterocycles. The van der Waals surface area contributed by atoms with Crippen LogP contribution in [0.2, 0.25) is 0 Å². The van der Waals surface area contributed by atoms with Crippen molar-refractivity contribution in [3.05, 3.63) is 0 Å². The normalized spacial score (nSPS) is 36.9. The minimum absolute atomic E-state index is 0.274. The van der Waals surface area contributed by atoms with E-state index in [1.54, 1.807) is 0 Å². The number of hydrogen-bond acceptors (Lipinski definition) is 6. The summed E-state index contributed by atoms with van der Waals surface area (Å²) in [6.45, 7) is 2.42. The third-order valence-corrected chi connectivity index (χ3v) is 4.98. The van der Waals surface area contributed by atoms with Crippen LogP contribution in [-0.4, -0.2) is 66.1 Å². The number of halogens is 1. The van der Waals surface area contributed by atoms with Crippen molar-refractivity contribution in [3.8, 4) is 0 Å². The molecule has 1 fully saturated rings. The first-order valence-electron chi connectivity index (χ1n) is 6.58. The van der Waals surface area contributed by atoms with E-state index in [0.717, 1.165) is 6.92 Å². The third kappa shape index (κ3) is 4.48. The summed E-state index contributed by atoms with van der Waals surface area (Å²) in [5, 5.41) is 19.1. The van der Waals surface area contributed by atoms with Crippen LogP contribution >= 0.6 is 7.60 Å². The average Bonchev–Trinajstić information content (AvgIpc) is 2.63. The molecular weight excluding hydrogens is 305 g/mol. The smallest absolute Gasteiger partial charge is 0.358 e. The van der Waals surface area contributed by atoms with Crippen LogP contribution in [0.3, 0.4) is 0 Å². The average molecular weight is 326 g/mol. The van der Waals surface area contributed by atoms with Gasteiger partial charge in [0.25, 0.3) is 0 Å². The van der Waals surface area contributed by atoms with Crippen molar-refractivity contribution in [2.75, 3.05) is 7.11 Å². The SMILES string of the molecule is [B][C@@H]1O[C@H](CC(F)(CC)OP(=O)(O)C(C)O)[C@@H](O)[C@H]1OC. The summed E-state index contributed by atoms with van der Waals surface area (Å²) >= 11 is 0. The van der Waals surface area contributed by atoms with Gasteiger partial charge in [0.2, 0.25) is 5.85 Å². The van der Waals surface area contributed by atoms with E-state index in [1.807, 2.05) is 0 Å². The zero-order valence-corrected chi connectivity index (χ0v) is 13.1. The Labute approximate surface area is 124 Å². The first kappa shape index (κ1) is 19.0. The fourth-order valence-corrected chi connectivity index (χ4v) is 2.89. The molecular formula is C11H21BFO7P. The molecule has 1 heterocycles. The molecule has 1 aliphatic rings. The third-order valence-electron chi connectivity index (χ3n) is 3.45. The lowest BCUT2D eigenvalue weighted by molar-refractivity contribution is -0.121. The van der Waals surface area contributed by atoms with Gasteiger partial charge in [-0.05, 0) is 6.92 Å². The lowest BCUT2D eigenvalue weighted by atomic mass is 9.92. The Hall–Kier alpha value is -0.0151. The van der Waals surface area contributed by atoms with E-state index in [-0.39, 0.29) is 6.42 Å². The molecule has 3 N–H and O–H groups in total. The maximum absolute atomic E-state index is 14.6. The standard InChI is InChI=1S/C11H21BFO7P/c1-4-11(13,20-21(16,17)6(2)14)5-7-8(15)9(18-3)10(12)19-7/h6-10,14-15H,4-5H2,1-3H3,(H,16,17)/t6?,7-,8-,9-,10-,11?/m1/s1. The lowest BCUT2D eigenvalue weighted by Crippen LogP contribution is -2.39. The Morgan fingerprint density at radius 2 is 2.14 bits per heavy atom. The predicted octanol–water partition coefficient (Wildman–Crippen LogP) is 0.262. The van der Waals surface area contributed by atoms with Crippen molar-refractivity contribution in [1.29, 1.82) is 0 Å². The second-order valence-electron chi connectivity index (χ2n) is 5.06. The van der Waals surface area contributed by atoms with Crippen molar-refractivity contribution < 1.29 is 38.1 Å². The van der Waals surface area contributed by atoms with Crippen LogP contribution in [0, 0.1) is 0 Å². The number of hydrogen-bond donors (Lipinski definition) is 3. The molecule has 0 aromatic carbocycles. The molecule has 0 aromatic rings. The molecule has 122 valence electrons. The summed E-state index contributed by atoms with van der Waals surface area (Å²) in [4.78, 5) is 9.44. The monoisotopic (exact) mass is 326 g/mol. The largest absolute Gasteiger partial charge is 0.388 e. The summed E-state index contributed by atoms with van der Waals surface area (Å²) in [6.07, 6.45) is -3.86. The van der Waals surface area contributed by atoms with Gasteiger partial charge in [-0.1, -0.05) is 6.92 Å². The first-order valence-corrected chi connectivity index (χ1v) is 8.23. The number of ether oxygens (including phenoxy) is 2. The quantitative estimate of drug-likeness (QED) is 0.455. The first-order chi connectivity index (χ1) is 9.56. The van der Waals surface area contributed by atoms with Crippen LogP contribution in [0.1, 0.15) is 26.7 Å². The van der Waals surface area contributed by atoms with Crippen LogP contribution in [-0.2, 0) is 18.6 Å². The summed E-state index contributed by atoms with van der Waals surface area (Å²) in [6, 6.07) is -0.936. The number of rotatable bonds is 7. The zero-order chi connectivity index (χ0) is 16.4. The molecule has 0 amide bonds. The number of alkyl halides is 1. The van der Waals surface area contributed by atoms with Crippen molar-refractivity contribution in [2.45, 2.75) is 62.7 Å². The van der Waals surface area contributed by atoms with Crippen molar-refractivity contribution in [2.24, 2.45) is 0 Å². The van der Waals surface area contributed by atoms with Gasteiger partial charge in [-0.15, -0.1) is 0 Å². The Morgan fingerprint density at radius 3 is 2.52 bits per heavy atom. The Balaban J connectivity index is 2.80. The molecule has 2 radical (unpaired) electrons. The van der Waals surface area contributed by atoms with Gasteiger partial charge in [0.05, 0.1) is 6.10 Å². The minimum Gasteiger partial charge on any atom is -0.388 e. The van der Waals surface area contributed by atoms with E-state index >= 15 is 0 Å². The van der Waals surface area contributed by atoms with Crippen molar-refractivity contribution in [1.82, 2.24) is 0 Å². The summed E-state index contributed by atoms with van der Waals surface area (Å²) < 4.78 is 41.0. The Morgan fingerprint density at radius 1 is 1.57 bits per heavy atom. The topological polar surface area (TPSA) is 105 Å². The highest BCUT2D eigenvalue weighted by Crippen LogP contribution is 2.52. The van der Waals surface area contributed by atoms with Crippen LogP contribution in [0.5, 0.6) is 0 Å². The molecule has 0 aromatic heterocycles. The van der Waals surface area contributed by atoms with Gasteiger partial charge < -0.3 is 24.6 Å². The van der Waals surface area contributed by atoms with E-state index in [2.05, 4.69) is 4.52 Å². The van der Waals surface area contributed by atoms with E-state index < -0.39 is 50.0 Å². The van der Waals surface area contributed by atoms with Gasteiger partial charge in [0.15, 0.2) is 5.85 Å². The molecule has 0 spiro atoms. The summed E-state index contributed by atoms with van der Waals surface area (Å²) in [7, 11) is 2.38. The highest BCUT2D eigenvalue weighted by atomic mass is 31.2. The van der Waals surface area contributed by atoms with Gasteiger partial charge in [0.1, 0.15) is 20.1 Å². The number of aliphatic hydroxyl groups excluding tert-OH is 2. The van der Waals surface area contributed by atoms with Crippen LogP contribution in [0.25, 0.3) is 0 Å². The van der Waals surface area contributed by atoms with Gasteiger partial charge in [-0.2, -0.15) is 0 Å². The van der Waals surface area contributed by atoms with Gasteiger partial charge in [-0.3, -0.25) is 9.09 Å². The van der Waals surface area contributed by atoms with E-state index in [0.29, 0.717) is 0 Å². The van der Waals surface area contributed by atoms with E-state index in [4.69, 9.17) is 22.4 Å². The fourth-order valence-electron chi connectivity index (χ4n) is 2.07. The highest BCUT2D eigenvalue weighted by Gasteiger charge is 2.48. The number of methoxy groups -OCH3 is 1. The number of aliphatic hydroxyl groups is 2. The lowest BCUT2D eigenvalue weighted by Gasteiger charge is -2.30. The molecule has 10 heteroatoms. The van der Waals surface area contributed by atoms with Crippen LogP contribution in [0.4, 0.5) is 4.39 Å². The van der Waals surface area contributed by atoms with E-state index in [9.17, 15) is 19.0 Å². The highest BCUT2D eigenvalue weighted by molar-refractivity contribution is 7.53. The van der Waals surface area contributed by atoms with E-state index in [1.165, 1.54) is 14.0 Å². The summed E-state index contributed by atoms with van der Waals surface area (Å²) in [5.41, 5.74) is 0. The molecule has 21 heavy (non-hydrogen) atoms. The predicted molar refractivity (Wildman–Crippen MR) is 72.6 cm³/mol. The van der Waals surface area contributed by atoms with Gasteiger partial charge in [-0.25, -0.2) is 4.39 Å². The second kappa shape index (κ2) is 7.04. The second-order valence-corrected chi connectivity index (χ2v) is 7.12. The Bertz CT molecular complexity index is 399. The maximum Gasteiger partial charge on any atom is 0.358 e. The molecule has 3 unspecified atom stereocenters. The molecule has 1 rings (SSSR count). The maximum atomic E-state index is 14.6.